The van der Waals surface area contributed by atoms with Crippen LogP contribution in [0.25, 0.3) is 0 Å². The maximum absolute atomic E-state index is 9.87. The normalized spacial score (nSPS) is 30.6. The van der Waals surface area contributed by atoms with Crippen LogP contribution in [0.1, 0.15) is 44.2 Å². The second kappa shape index (κ2) is 5.70. The summed E-state index contributed by atoms with van der Waals surface area (Å²) in [5.41, 5.74) is 1.04. The van der Waals surface area contributed by atoms with Crippen LogP contribution >= 0.6 is 11.8 Å². The molecule has 112 valence electrons. The second-order valence-electron chi connectivity index (χ2n) is 6.44. The zero-order chi connectivity index (χ0) is 14.2. The summed E-state index contributed by atoms with van der Waals surface area (Å²) in [6.07, 6.45) is 7.18. The molecule has 5 heteroatoms. The maximum Gasteiger partial charge on any atom is 0.0942 e. The van der Waals surface area contributed by atoms with Gasteiger partial charge in [0.05, 0.1) is 17.3 Å². The summed E-state index contributed by atoms with van der Waals surface area (Å²) in [6, 6.07) is 2.82. The Morgan fingerprint density at radius 2 is 2.30 bits per heavy atom. The monoisotopic (exact) mass is 295 g/mol. The summed E-state index contributed by atoms with van der Waals surface area (Å²) in [7, 11) is 2.01. The average molecular weight is 295 g/mol. The number of aliphatic hydroxyl groups is 1. The van der Waals surface area contributed by atoms with E-state index in [1.807, 2.05) is 30.4 Å². The van der Waals surface area contributed by atoms with E-state index < -0.39 is 0 Å². The highest BCUT2D eigenvalue weighted by molar-refractivity contribution is 7.99. The van der Waals surface area contributed by atoms with Crippen molar-refractivity contribution in [3.8, 4) is 0 Å². The largest absolute Gasteiger partial charge is 0.394 e. The van der Waals surface area contributed by atoms with Crippen molar-refractivity contribution in [2.45, 2.75) is 67.3 Å². The molecule has 0 spiro atoms. The number of nitrogens with zero attached hydrogens (tertiary/aromatic N) is 2. The highest BCUT2D eigenvalue weighted by Crippen LogP contribution is 2.39. The number of nitrogens with one attached hydrogen (secondary N) is 1. The molecule has 0 radical (unpaired) electrons. The van der Waals surface area contributed by atoms with E-state index in [0.717, 1.165) is 18.5 Å². The van der Waals surface area contributed by atoms with E-state index in [4.69, 9.17) is 0 Å². The van der Waals surface area contributed by atoms with Gasteiger partial charge in [0.15, 0.2) is 0 Å². The van der Waals surface area contributed by atoms with Gasteiger partial charge in [-0.05, 0) is 45.1 Å². The summed E-state index contributed by atoms with van der Waals surface area (Å²) in [6.45, 7) is 2.31. The number of aliphatic hydroxyl groups excluding tert-OH is 1. The minimum absolute atomic E-state index is 0.0370. The van der Waals surface area contributed by atoms with Gasteiger partial charge in [-0.3, -0.25) is 4.68 Å². The molecule has 20 heavy (non-hydrogen) atoms. The van der Waals surface area contributed by atoms with Crippen molar-refractivity contribution < 1.29 is 5.11 Å². The predicted molar refractivity (Wildman–Crippen MR) is 82.0 cm³/mol. The lowest BCUT2D eigenvalue weighted by Gasteiger charge is -2.40. The van der Waals surface area contributed by atoms with E-state index >= 15 is 0 Å². The lowest BCUT2D eigenvalue weighted by atomic mass is 9.82. The lowest BCUT2D eigenvalue weighted by molar-refractivity contribution is 0.122. The van der Waals surface area contributed by atoms with Gasteiger partial charge in [-0.2, -0.15) is 5.10 Å². The number of hydrogen-bond acceptors (Lipinski definition) is 4. The van der Waals surface area contributed by atoms with Gasteiger partial charge < -0.3 is 10.4 Å². The molecule has 3 rings (SSSR count). The third-order valence-electron chi connectivity index (χ3n) is 4.44. The average Bonchev–Trinajstić information content (AvgIpc) is 3.16. The van der Waals surface area contributed by atoms with Crippen LogP contribution in [0.2, 0.25) is 0 Å². The molecule has 2 N–H and O–H groups in total. The van der Waals surface area contributed by atoms with E-state index in [0.29, 0.717) is 11.3 Å². The molecule has 4 nitrogen and oxygen atoms in total. The fourth-order valence-electron chi connectivity index (χ4n) is 3.26. The Labute approximate surface area is 125 Å². The van der Waals surface area contributed by atoms with Gasteiger partial charge in [0.25, 0.3) is 0 Å². The van der Waals surface area contributed by atoms with Crippen molar-refractivity contribution in [3.05, 3.63) is 11.8 Å². The van der Waals surface area contributed by atoms with Crippen molar-refractivity contribution in [2.24, 2.45) is 7.05 Å². The highest BCUT2D eigenvalue weighted by Gasteiger charge is 2.40. The predicted octanol–water partition coefficient (Wildman–Crippen LogP) is 2.25. The first-order valence-corrected chi connectivity index (χ1v) is 8.54. The molecule has 1 aromatic heterocycles. The molecular formula is C15H25N3OS. The van der Waals surface area contributed by atoms with Crippen molar-refractivity contribution in [2.75, 3.05) is 6.61 Å². The van der Waals surface area contributed by atoms with E-state index in [-0.39, 0.29) is 12.1 Å². The van der Waals surface area contributed by atoms with Crippen molar-refractivity contribution in [3.63, 3.8) is 0 Å². The molecule has 0 aromatic carbocycles. The Bertz CT molecular complexity index is 472. The van der Waals surface area contributed by atoms with Crippen molar-refractivity contribution >= 4 is 11.8 Å². The van der Waals surface area contributed by atoms with Gasteiger partial charge in [-0.1, -0.05) is 6.42 Å². The fourth-order valence-corrected chi connectivity index (χ4v) is 4.72. The second-order valence-corrected chi connectivity index (χ2v) is 7.76. The highest BCUT2D eigenvalue weighted by atomic mass is 32.2. The molecule has 1 heterocycles. The molecule has 1 aromatic rings. The molecule has 2 aliphatic rings. The summed E-state index contributed by atoms with van der Waals surface area (Å²) < 4.78 is 1.98. The number of hydrogen-bond donors (Lipinski definition) is 2. The molecule has 2 unspecified atom stereocenters. The summed E-state index contributed by atoms with van der Waals surface area (Å²) in [5, 5.41) is 19.8. The zero-order valence-electron chi connectivity index (χ0n) is 12.4. The first-order chi connectivity index (χ1) is 9.60. The topological polar surface area (TPSA) is 50.1 Å². The Kier molecular flexibility index (Phi) is 4.11. The first kappa shape index (κ1) is 14.4. The number of aromatic nitrogens is 2. The SMILES string of the molecule is Cc1cc(SC2CCCC(CO)(NC3CC3)C2)n(C)n1. The lowest BCUT2D eigenvalue weighted by Crippen LogP contribution is -2.53. The van der Waals surface area contributed by atoms with E-state index in [1.54, 1.807) is 0 Å². The van der Waals surface area contributed by atoms with Gasteiger partial charge >= 0.3 is 0 Å². The van der Waals surface area contributed by atoms with Gasteiger partial charge in [-0.25, -0.2) is 0 Å². The fraction of sp³-hybridized carbons (Fsp3) is 0.800. The molecular weight excluding hydrogens is 270 g/mol. The van der Waals surface area contributed by atoms with Crippen LogP contribution in [0, 0.1) is 6.92 Å². The third kappa shape index (κ3) is 3.21. The molecule has 0 amide bonds. The Morgan fingerprint density at radius 1 is 1.50 bits per heavy atom. The molecule has 2 atom stereocenters. The zero-order valence-corrected chi connectivity index (χ0v) is 13.2. The Hall–Kier alpha value is -0.520. The van der Waals surface area contributed by atoms with Gasteiger partial charge in [0.2, 0.25) is 0 Å². The van der Waals surface area contributed by atoms with E-state index in [9.17, 15) is 5.11 Å². The van der Waals surface area contributed by atoms with Crippen LogP contribution in [-0.2, 0) is 7.05 Å². The quantitative estimate of drug-likeness (QED) is 0.875. The summed E-state index contributed by atoms with van der Waals surface area (Å²) in [5.74, 6) is 0. The van der Waals surface area contributed by atoms with Gasteiger partial charge in [-0.15, -0.1) is 11.8 Å². The standard InChI is InChI=1S/C15H25N3OS/c1-11-8-14(18(2)17-11)20-13-4-3-7-15(9-13,10-19)16-12-5-6-12/h8,12-13,16,19H,3-7,9-10H2,1-2H3. The summed E-state index contributed by atoms with van der Waals surface area (Å²) >= 11 is 1.93. The van der Waals surface area contributed by atoms with Crippen LogP contribution in [0.15, 0.2) is 11.1 Å². The Morgan fingerprint density at radius 3 is 2.90 bits per heavy atom. The number of thioether (sulfide) groups is 1. The van der Waals surface area contributed by atoms with Gasteiger partial charge in [0.1, 0.15) is 0 Å². The van der Waals surface area contributed by atoms with Crippen LogP contribution in [0.4, 0.5) is 0 Å². The molecule has 0 aliphatic heterocycles. The van der Waals surface area contributed by atoms with Crippen LogP contribution in [0.5, 0.6) is 0 Å². The van der Waals surface area contributed by atoms with Crippen LogP contribution in [-0.4, -0.2) is 38.3 Å². The molecule has 2 aliphatic carbocycles. The first-order valence-electron chi connectivity index (χ1n) is 7.66. The van der Waals surface area contributed by atoms with Crippen molar-refractivity contribution in [1.29, 1.82) is 0 Å². The molecule has 0 bridgehead atoms. The number of rotatable bonds is 5. The van der Waals surface area contributed by atoms with Crippen molar-refractivity contribution in [1.82, 2.24) is 15.1 Å². The minimum atomic E-state index is -0.0370. The van der Waals surface area contributed by atoms with Crippen LogP contribution < -0.4 is 5.32 Å². The number of aryl methyl sites for hydroxylation is 2. The third-order valence-corrected chi connectivity index (χ3v) is 5.80. The smallest absolute Gasteiger partial charge is 0.0942 e. The Balaban J connectivity index is 1.66. The molecule has 0 saturated heterocycles. The minimum Gasteiger partial charge on any atom is -0.394 e. The maximum atomic E-state index is 9.87. The van der Waals surface area contributed by atoms with E-state index in [2.05, 4.69) is 16.5 Å². The van der Waals surface area contributed by atoms with Crippen LogP contribution in [0.3, 0.4) is 0 Å². The summed E-state index contributed by atoms with van der Waals surface area (Å²) in [4.78, 5) is 0. The van der Waals surface area contributed by atoms with Gasteiger partial charge in [0, 0.05) is 23.9 Å². The molecule has 2 saturated carbocycles. The molecule has 2 fully saturated rings. The van der Waals surface area contributed by atoms with E-state index in [1.165, 1.54) is 30.7 Å².